The minimum absolute atomic E-state index is 0.193. The molecule has 0 aliphatic heterocycles. The monoisotopic (exact) mass is 351 g/mol. The number of rotatable bonds is 5. The zero-order valence-corrected chi connectivity index (χ0v) is 14.0. The van der Waals surface area contributed by atoms with E-state index in [1.807, 2.05) is 6.07 Å². The molecule has 0 saturated heterocycles. The first-order valence-electron chi connectivity index (χ1n) is 7.09. The second kappa shape index (κ2) is 6.98. The first kappa shape index (κ1) is 15.9. The Morgan fingerprint density at radius 2 is 2.05 bits per heavy atom. The van der Waals surface area contributed by atoms with Crippen LogP contribution in [0.4, 0.5) is 10.2 Å². The van der Waals surface area contributed by atoms with Crippen LogP contribution >= 0.6 is 15.9 Å². The van der Waals surface area contributed by atoms with Crippen molar-refractivity contribution in [1.29, 1.82) is 0 Å². The van der Waals surface area contributed by atoms with Crippen molar-refractivity contribution in [2.75, 3.05) is 11.9 Å². The van der Waals surface area contributed by atoms with Gasteiger partial charge in [0, 0.05) is 17.7 Å². The summed E-state index contributed by atoms with van der Waals surface area (Å²) in [5.74, 6) is 0.690. The van der Waals surface area contributed by atoms with E-state index in [0.29, 0.717) is 15.7 Å². The molecule has 0 aliphatic carbocycles. The molecule has 1 N–H and O–H groups in total. The largest absolute Gasteiger partial charge is 0.370 e. The van der Waals surface area contributed by atoms with Gasteiger partial charge in [0.1, 0.15) is 18.0 Å². The van der Waals surface area contributed by atoms with E-state index in [4.69, 9.17) is 0 Å². The minimum atomic E-state index is -0.292. The number of nitrogens with one attached hydrogen (secondary N) is 1. The lowest BCUT2D eigenvalue weighted by Gasteiger charge is -2.17. The van der Waals surface area contributed by atoms with Gasteiger partial charge >= 0.3 is 0 Å². The molecule has 1 aromatic carbocycles. The zero-order chi connectivity index (χ0) is 15.4. The highest BCUT2D eigenvalue weighted by molar-refractivity contribution is 9.10. The lowest BCUT2D eigenvalue weighted by atomic mass is 9.97. The summed E-state index contributed by atoms with van der Waals surface area (Å²) in [7, 11) is 0. The Morgan fingerprint density at radius 1 is 1.29 bits per heavy atom. The van der Waals surface area contributed by atoms with E-state index in [-0.39, 0.29) is 11.7 Å². The molecule has 21 heavy (non-hydrogen) atoms. The second-order valence-electron chi connectivity index (χ2n) is 5.17. The molecule has 0 atom stereocenters. The quantitative estimate of drug-likeness (QED) is 0.824. The minimum Gasteiger partial charge on any atom is -0.370 e. The van der Waals surface area contributed by atoms with Crippen molar-refractivity contribution < 1.29 is 4.39 Å². The molecule has 3 nitrogen and oxygen atoms in total. The molecule has 0 spiro atoms. The molecule has 5 heteroatoms. The van der Waals surface area contributed by atoms with Crippen molar-refractivity contribution in [1.82, 2.24) is 9.97 Å². The first-order chi connectivity index (χ1) is 10.1. The number of aromatic nitrogens is 2. The van der Waals surface area contributed by atoms with Crippen molar-refractivity contribution >= 4 is 21.7 Å². The average molecular weight is 352 g/mol. The molecule has 0 amide bonds. The number of anilines is 1. The molecule has 0 radical (unpaired) electrons. The van der Waals surface area contributed by atoms with Crippen molar-refractivity contribution in [3.8, 4) is 11.3 Å². The Hall–Kier alpha value is -1.49. The SMILES string of the molecule is CCCNc1ncnc(-c2cccc(Br)c2F)c1C(C)C. The third kappa shape index (κ3) is 3.40. The highest BCUT2D eigenvalue weighted by Crippen LogP contribution is 2.34. The fourth-order valence-corrected chi connectivity index (χ4v) is 2.59. The summed E-state index contributed by atoms with van der Waals surface area (Å²) in [5.41, 5.74) is 2.09. The molecule has 1 aromatic heterocycles. The van der Waals surface area contributed by atoms with E-state index in [1.54, 1.807) is 12.1 Å². The van der Waals surface area contributed by atoms with E-state index in [1.165, 1.54) is 6.33 Å². The number of hydrogen-bond donors (Lipinski definition) is 1. The fourth-order valence-electron chi connectivity index (χ4n) is 2.23. The van der Waals surface area contributed by atoms with Gasteiger partial charge < -0.3 is 5.32 Å². The summed E-state index contributed by atoms with van der Waals surface area (Å²) >= 11 is 3.23. The summed E-state index contributed by atoms with van der Waals surface area (Å²) in [6.07, 6.45) is 2.49. The first-order valence-corrected chi connectivity index (χ1v) is 7.88. The van der Waals surface area contributed by atoms with E-state index in [0.717, 1.165) is 24.3 Å². The summed E-state index contributed by atoms with van der Waals surface area (Å²) in [6.45, 7) is 7.06. The molecule has 0 saturated carbocycles. The smallest absolute Gasteiger partial charge is 0.146 e. The lowest BCUT2D eigenvalue weighted by Crippen LogP contribution is -2.09. The zero-order valence-electron chi connectivity index (χ0n) is 12.5. The van der Waals surface area contributed by atoms with Gasteiger partial charge in [-0.1, -0.05) is 26.8 Å². The summed E-state index contributed by atoms with van der Waals surface area (Å²) in [5, 5.41) is 3.30. The van der Waals surface area contributed by atoms with Gasteiger partial charge in [0.2, 0.25) is 0 Å². The van der Waals surface area contributed by atoms with Gasteiger partial charge in [0.15, 0.2) is 0 Å². The van der Waals surface area contributed by atoms with Gasteiger partial charge in [-0.15, -0.1) is 0 Å². The Morgan fingerprint density at radius 3 is 2.71 bits per heavy atom. The third-order valence-corrected chi connectivity index (χ3v) is 3.82. The molecule has 1 heterocycles. The molecule has 2 rings (SSSR count). The number of nitrogens with zero attached hydrogens (tertiary/aromatic N) is 2. The molecule has 2 aromatic rings. The molecule has 0 bridgehead atoms. The van der Waals surface area contributed by atoms with Crippen molar-refractivity contribution in [2.24, 2.45) is 0 Å². The van der Waals surface area contributed by atoms with E-state index >= 15 is 0 Å². The molecule has 0 unspecified atom stereocenters. The molecule has 112 valence electrons. The van der Waals surface area contributed by atoms with E-state index in [2.05, 4.69) is 52.0 Å². The maximum absolute atomic E-state index is 14.4. The van der Waals surface area contributed by atoms with Crippen LogP contribution in [0.3, 0.4) is 0 Å². The standard InChI is InChI=1S/C16H19BrFN3/c1-4-8-19-16-13(10(2)3)15(20-9-21-16)11-6-5-7-12(17)14(11)18/h5-7,9-10H,4,8H2,1-3H3,(H,19,20,21). The van der Waals surface area contributed by atoms with Crippen LogP contribution in [0.15, 0.2) is 29.0 Å². The Bertz CT molecular complexity index is 629. The van der Waals surface area contributed by atoms with Crippen LogP contribution in [-0.2, 0) is 0 Å². The third-order valence-electron chi connectivity index (χ3n) is 3.21. The van der Waals surface area contributed by atoms with Crippen LogP contribution in [0.1, 0.15) is 38.7 Å². The fraction of sp³-hybridized carbons (Fsp3) is 0.375. The van der Waals surface area contributed by atoms with Gasteiger partial charge in [0.25, 0.3) is 0 Å². The van der Waals surface area contributed by atoms with Gasteiger partial charge in [-0.05, 0) is 40.4 Å². The summed E-state index contributed by atoms with van der Waals surface area (Å²) < 4.78 is 14.8. The predicted molar refractivity (Wildman–Crippen MR) is 88.0 cm³/mol. The highest BCUT2D eigenvalue weighted by atomic mass is 79.9. The van der Waals surface area contributed by atoms with Gasteiger partial charge in [-0.2, -0.15) is 0 Å². The van der Waals surface area contributed by atoms with Crippen LogP contribution < -0.4 is 5.32 Å². The van der Waals surface area contributed by atoms with Crippen molar-refractivity contribution in [3.63, 3.8) is 0 Å². The van der Waals surface area contributed by atoms with E-state index in [9.17, 15) is 4.39 Å². The Balaban J connectivity index is 2.60. The van der Waals surface area contributed by atoms with Crippen LogP contribution in [0, 0.1) is 5.82 Å². The van der Waals surface area contributed by atoms with E-state index < -0.39 is 0 Å². The second-order valence-corrected chi connectivity index (χ2v) is 6.02. The van der Waals surface area contributed by atoms with Gasteiger partial charge in [0.05, 0.1) is 10.2 Å². The Kier molecular flexibility index (Phi) is 5.28. The van der Waals surface area contributed by atoms with Crippen LogP contribution in [0.2, 0.25) is 0 Å². The molecular formula is C16H19BrFN3. The maximum Gasteiger partial charge on any atom is 0.146 e. The maximum atomic E-state index is 14.4. The topological polar surface area (TPSA) is 37.8 Å². The number of halogens is 2. The van der Waals surface area contributed by atoms with Gasteiger partial charge in [-0.3, -0.25) is 0 Å². The number of hydrogen-bond acceptors (Lipinski definition) is 3. The molecule has 0 aliphatic rings. The summed E-state index contributed by atoms with van der Waals surface area (Å²) in [6, 6.07) is 5.25. The lowest BCUT2D eigenvalue weighted by molar-refractivity contribution is 0.623. The van der Waals surface area contributed by atoms with Crippen molar-refractivity contribution in [2.45, 2.75) is 33.1 Å². The predicted octanol–water partition coefficient (Wildman–Crippen LogP) is 4.99. The Labute approximate surface area is 133 Å². The molecule has 0 fully saturated rings. The highest BCUT2D eigenvalue weighted by Gasteiger charge is 2.19. The van der Waals surface area contributed by atoms with Crippen LogP contribution in [-0.4, -0.2) is 16.5 Å². The summed E-state index contributed by atoms with van der Waals surface area (Å²) in [4.78, 5) is 8.65. The van der Waals surface area contributed by atoms with Crippen LogP contribution in [0.5, 0.6) is 0 Å². The van der Waals surface area contributed by atoms with Crippen LogP contribution in [0.25, 0.3) is 11.3 Å². The van der Waals surface area contributed by atoms with Crippen molar-refractivity contribution in [3.05, 3.63) is 40.4 Å². The molecular weight excluding hydrogens is 333 g/mol. The average Bonchev–Trinajstić information content (AvgIpc) is 2.47. The number of benzene rings is 1. The normalized spacial score (nSPS) is 11.0. The van der Waals surface area contributed by atoms with Gasteiger partial charge in [-0.25, -0.2) is 14.4 Å².